The monoisotopic (exact) mass is 407 g/mol. The highest BCUT2D eigenvalue weighted by atomic mass is 16.6. The summed E-state index contributed by atoms with van der Waals surface area (Å²) in [5.41, 5.74) is 1.29. The maximum absolute atomic E-state index is 13.4. The zero-order chi connectivity index (χ0) is 21.0. The van der Waals surface area contributed by atoms with Crippen LogP contribution in [0, 0.1) is 0 Å². The summed E-state index contributed by atoms with van der Waals surface area (Å²) in [6, 6.07) is 19.9. The molecule has 0 aliphatic carbocycles. The molecule has 6 heteroatoms. The molecule has 2 aromatic carbocycles. The molecule has 2 amide bonds. The topological polar surface area (TPSA) is 53.1 Å². The Morgan fingerprint density at radius 1 is 0.900 bits per heavy atom. The Bertz CT molecular complexity index is 866. The summed E-state index contributed by atoms with van der Waals surface area (Å²) < 4.78 is 5.53. The predicted octanol–water partition coefficient (Wildman–Crippen LogP) is 3.53. The van der Waals surface area contributed by atoms with E-state index in [4.69, 9.17) is 4.74 Å². The van der Waals surface area contributed by atoms with Gasteiger partial charge in [-0.05, 0) is 37.5 Å². The summed E-state index contributed by atoms with van der Waals surface area (Å²) in [6.45, 7) is 5.58. The van der Waals surface area contributed by atoms with E-state index in [1.165, 1.54) is 5.69 Å². The molecule has 2 heterocycles. The second-order valence-electron chi connectivity index (χ2n) is 8.18. The molecule has 0 aromatic heterocycles. The molecule has 2 aliphatic heterocycles. The first-order valence-corrected chi connectivity index (χ1v) is 10.7. The number of rotatable bonds is 4. The molecule has 0 spiro atoms. The fourth-order valence-electron chi connectivity index (χ4n) is 4.42. The van der Waals surface area contributed by atoms with Crippen LogP contribution in [0.2, 0.25) is 0 Å². The van der Waals surface area contributed by atoms with Gasteiger partial charge in [-0.1, -0.05) is 48.5 Å². The summed E-state index contributed by atoms with van der Waals surface area (Å²) in [4.78, 5) is 32.0. The van der Waals surface area contributed by atoms with Crippen LogP contribution in [-0.4, -0.2) is 60.1 Å². The van der Waals surface area contributed by atoms with Crippen molar-refractivity contribution in [2.24, 2.45) is 0 Å². The molecule has 6 nitrogen and oxygen atoms in total. The van der Waals surface area contributed by atoms with E-state index in [0.717, 1.165) is 25.1 Å². The third-order valence-electron chi connectivity index (χ3n) is 6.22. The Labute approximate surface area is 178 Å². The highest BCUT2D eigenvalue weighted by molar-refractivity contribution is 5.90. The highest BCUT2D eigenvalue weighted by Crippen LogP contribution is 2.32. The van der Waals surface area contributed by atoms with Crippen molar-refractivity contribution in [2.75, 3.05) is 37.6 Å². The van der Waals surface area contributed by atoms with Crippen LogP contribution in [0.1, 0.15) is 25.3 Å². The lowest BCUT2D eigenvalue weighted by Crippen LogP contribution is -2.60. The fraction of sp³-hybridized carbons (Fsp3) is 0.417. The number of anilines is 1. The second kappa shape index (κ2) is 8.78. The second-order valence-corrected chi connectivity index (χ2v) is 8.18. The molecular formula is C24H29N3O3. The van der Waals surface area contributed by atoms with Crippen molar-refractivity contribution < 1.29 is 14.3 Å². The molecule has 1 unspecified atom stereocenters. The molecule has 1 atom stereocenters. The van der Waals surface area contributed by atoms with Gasteiger partial charge in [-0.3, -0.25) is 9.69 Å². The quantitative estimate of drug-likeness (QED) is 0.778. The van der Waals surface area contributed by atoms with Gasteiger partial charge in [-0.25, -0.2) is 4.79 Å². The van der Waals surface area contributed by atoms with Crippen molar-refractivity contribution in [1.29, 1.82) is 0 Å². The number of amides is 2. The van der Waals surface area contributed by atoms with E-state index in [1.54, 1.807) is 4.90 Å². The maximum atomic E-state index is 13.4. The average molecular weight is 408 g/mol. The number of para-hydroxylation sites is 1. The van der Waals surface area contributed by atoms with Crippen molar-refractivity contribution in [3.8, 4) is 0 Å². The first-order valence-electron chi connectivity index (χ1n) is 10.7. The molecule has 4 rings (SSSR count). The first-order chi connectivity index (χ1) is 14.6. The normalized spacial score (nSPS) is 21.6. The maximum Gasteiger partial charge on any atom is 0.410 e. The predicted molar refractivity (Wildman–Crippen MR) is 116 cm³/mol. The lowest BCUT2D eigenvalue weighted by molar-refractivity contribution is -0.141. The molecule has 0 bridgehead atoms. The standard InChI is InChI=1S/C24H29N3O3/c1-24(13-8-14-27(24)23(29)30-19-20-9-4-2-5-10-20)22(28)26-17-15-25(16-18-26)21-11-6-3-7-12-21/h2-7,9-12H,8,13-19H2,1H3. The average Bonchev–Trinajstić information content (AvgIpc) is 3.21. The number of benzene rings is 2. The molecular weight excluding hydrogens is 378 g/mol. The minimum Gasteiger partial charge on any atom is -0.445 e. The zero-order valence-electron chi connectivity index (χ0n) is 17.5. The number of nitrogens with zero attached hydrogens (tertiary/aromatic N) is 3. The van der Waals surface area contributed by atoms with Gasteiger partial charge >= 0.3 is 6.09 Å². The van der Waals surface area contributed by atoms with Crippen LogP contribution in [0.25, 0.3) is 0 Å². The Hall–Kier alpha value is -3.02. The van der Waals surface area contributed by atoms with Crippen LogP contribution in [0.5, 0.6) is 0 Å². The molecule has 158 valence electrons. The van der Waals surface area contributed by atoms with Crippen molar-refractivity contribution in [2.45, 2.75) is 31.9 Å². The van der Waals surface area contributed by atoms with E-state index >= 15 is 0 Å². The number of hydrogen-bond acceptors (Lipinski definition) is 4. The van der Waals surface area contributed by atoms with E-state index < -0.39 is 11.6 Å². The van der Waals surface area contributed by atoms with E-state index in [0.29, 0.717) is 26.1 Å². The van der Waals surface area contributed by atoms with Gasteiger partial charge in [-0.2, -0.15) is 0 Å². The summed E-state index contributed by atoms with van der Waals surface area (Å²) in [5.74, 6) is 0.0318. The summed E-state index contributed by atoms with van der Waals surface area (Å²) in [5, 5.41) is 0. The SMILES string of the molecule is CC1(C(=O)N2CCN(c3ccccc3)CC2)CCCN1C(=O)OCc1ccccc1. The molecule has 2 saturated heterocycles. The van der Waals surface area contributed by atoms with Crippen LogP contribution in [0.15, 0.2) is 60.7 Å². The number of piperazine rings is 1. The molecule has 0 N–H and O–H groups in total. The van der Waals surface area contributed by atoms with Gasteiger partial charge in [0.2, 0.25) is 5.91 Å². The number of ether oxygens (including phenoxy) is 1. The minimum atomic E-state index is -0.831. The Kier molecular flexibility index (Phi) is 5.93. The van der Waals surface area contributed by atoms with Gasteiger partial charge in [-0.15, -0.1) is 0 Å². The zero-order valence-corrected chi connectivity index (χ0v) is 17.5. The molecule has 2 aliphatic rings. The molecule has 2 fully saturated rings. The Morgan fingerprint density at radius 2 is 1.53 bits per heavy atom. The van der Waals surface area contributed by atoms with Crippen LogP contribution in [-0.2, 0) is 16.1 Å². The first kappa shape index (κ1) is 20.3. The van der Waals surface area contributed by atoms with E-state index in [-0.39, 0.29) is 12.5 Å². The molecule has 0 radical (unpaired) electrons. The van der Waals surface area contributed by atoms with Crippen LogP contribution >= 0.6 is 0 Å². The smallest absolute Gasteiger partial charge is 0.410 e. The van der Waals surface area contributed by atoms with Crippen LogP contribution in [0.3, 0.4) is 0 Å². The summed E-state index contributed by atoms with van der Waals surface area (Å²) >= 11 is 0. The van der Waals surface area contributed by atoms with Crippen LogP contribution < -0.4 is 4.90 Å². The number of likely N-dealkylation sites (tertiary alicyclic amines) is 1. The van der Waals surface area contributed by atoms with Gasteiger partial charge < -0.3 is 14.5 Å². The third kappa shape index (κ3) is 4.13. The van der Waals surface area contributed by atoms with Gasteiger partial charge in [0.05, 0.1) is 0 Å². The van der Waals surface area contributed by atoms with Gasteiger partial charge in [0.15, 0.2) is 0 Å². The number of carbonyl (C=O) groups is 2. The van der Waals surface area contributed by atoms with Gasteiger partial charge in [0, 0.05) is 38.4 Å². The fourth-order valence-corrected chi connectivity index (χ4v) is 4.42. The van der Waals surface area contributed by atoms with Crippen molar-refractivity contribution in [3.05, 3.63) is 66.2 Å². The lowest BCUT2D eigenvalue weighted by Gasteiger charge is -2.41. The number of carbonyl (C=O) groups excluding carboxylic acids is 2. The van der Waals surface area contributed by atoms with E-state index in [2.05, 4.69) is 17.0 Å². The van der Waals surface area contributed by atoms with Crippen molar-refractivity contribution in [3.63, 3.8) is 0 Å². The third-order valence-corrected chi connectivity index (χ3v) is 6.22. The largest absolute Gasteiger partial charge is 0.445 e. The van der Waals surface area contributed by atoms with Gasteiger partial charge in [0.1, 0.15) is 12.1 Å². The highest BCUT2D eigenvalue weighted by Gasteiger charge is 2.48. The molecule has 0 saturated carbocycles. The number of hydrogen-bond donors (Lipinski definition) is 0. The molecule has 2 aromatic rings. The Balaban J connectivity index is 1.37. The minimum absolute atomic E-state index is 0.0318. The summed E-state index contributed by atoms with van der Waals surface area (Å²) in [6.07, 6.45) is 1.08. The van der Waals surface area contributed by atoms with Crippen molar-refractivity contribution >= 4 is 17.7 Å². The van der Waals surface area contributed by atoms with E-state index in [9.17, 15) is 9.59 Å². The van der Waals surface area contributed by atoms with Crippen molar-refractivity contribution in [1.82, 2.24) is 9.80 Å². The van der Waals surface area contributed by atoms with Crippen LogP contribution in [0.4, 0.5) is 10.5 Å². The summed E-state index contributed by atoms with van der Waals surface area (Å²) in [7, 11) is 0. The molecule has 30 heavy (non-hydrogen) atoms. The Morgan fingerprint density at radius 3 is 2.20 bits per heavy atom. The lowest BCUT2D eigenvalue weighted by atomic mass is 9.96. The van der Waals surface area contributed by atoms with E-state index in [1.807, 2.05) is 60.4 Å². The van der Waals surface area contributed by atoms with Gasteiger partial charge in [0.25, 0.3) is 0 Å².